The van der Waals surface area contributed by atoms with E-state index in [2.05, 4.69) is 10.2 Å². The van der Waals surface area contributed by atoms with Crippen LogP contribution < -0.4 is 5.32 Å². The molecule has 0 aliphatic carbocycles. The van der Waals surface area contributed by atoms with Gasteiger partial charge in [-0.05, 0) is 39.8 Å². The lowest BCUT2D eigenvalue weighted by molar-refractivity contribution is -0.149. The van der Waals surface area contributed by atoms with Crippen molar-refractivity contribution in [1.82, 2.24) is 15.1 Å². The van der Waals surface area contributed by atoms with Crippen LogP contribution in [0.4, 0.5) is 4.79 Å². The summed E-state index contributed by atoms with van der Waals surface area (Å²) in [4.78, 5) is 38.2. The van der Waals surface area contributed by atoms with Crippen molar-refractivity contribution in [1.29, 1.82) is 0 Å². The first kappa shape index (κ1) is 17.4. The fourth-order valence-corrected chi connectivity index (χ4v) is 2.14. The van der Waals surface area contributed by atoms with Crippen LogP contribution in [0, 0.1) is 5.41 Å². The minimum Gasteiger partial charge on any atom is -0.481 e. The van der Waals surface area contributed by atoms with Crippen LogP contribution in [0.3, 0.4) is 0 Å². The van der Waals surface area contributed by atoms with Gasteiger partial charge in [0.25, 0.3) is 0 Å². The Labute approximate surface area is 125 Å². The van der Waals surface area contributed by atoms with E-state index in [0.717, 1.165) is 19.6 Å². The highest BCUT2D eigenvalue weighted by molar-refractivity contribution is 5.96. The zero-order valence-corrected chi connectivity index (χ0v) is 13.0. The second-order valence-corrected chi connectivity index (χ2v) is 6.19. The molecule has 3 amide bonds. The van der Waals surface area contributed by atoms with Gasteiger partial charge in [-0.2, -0.15) is 0 Å². The van der Waals surface area contributed by atoms with Crippen LogP contribution in [0.15, 0.2) is 0 Å². The highest BCUT2D eigenvalue weighted by Crippen LogP contribution is 2.19. The largest absolute Gasteiger partial charge is 0.481 e. The SMILES string of the molecule is CN(CCN1CCCC1)C(=O)NC(=O)CC(C)(C)C(=O)O. The molecule has 7 nitrogen and oxygen atoms in total. The summed E-state index contributed by atoms with van der Waals surface area (Å²) in [5, 5.41) is 11.2. The molecule has 1 aliphatic heterocycles. The first-order chi connectivity index (χ1) is 9.72. The van der Waals surface area contributed by atoms with Crippen LogP contribution in [0.25, 0.3) is 0 Å². The highest BCUT2D eigenvalue weighted by Gasteiger charge is 2.31. The fraction of sp³-hybridized carbons (Fsp3) is 0.786. The fourth-order valence-electron chi connectivity index (χ4n) is 2.14. The Balaban J connectivity index is 2.33. The number of amides is 3. The predicted molar refractivity (Wildman–Crippen MR) is 77.9 cm³/mol. The predicted octanol–water partition coefficient (Wildman–Crippen LogP) is 0.751. The van der Waals surface area contributed by atoms with Crippen molar-refractivity contribution in [2.24, 2.45) is 5.41 Å². The summed E-state index contributed by atoms with van der Waals surface area (Å²) < 4.78 is 0. The molecule has 21 heavy (non-hydrogen) atoms. The Morgan fingerprint density at radius 1 is 1.24 bits per heavy atom. The van der Waals surface area contributed by atoms with Crippen molar-refractivity contribution in [3.63, 3.8) is 0 Å². The summed E-state index contributed by atoms with van der Waals surface area (Å²) >= 11 is 0. The van der Waals surface area contributed by atoms with Crippen LogP contribution in [0.2, 0.25) is 0 Å². The van der Waals surface area contributed by atoms with Crippen LogP contribution in [0.1, 0.15) is 33.1 Å². The Morgan fingerprint density at radius 2 is 1.81 bits per heavy atom. The number of carbonyl (C=O) groups is 3. The van der Waals surface area contributed by atoms with Gasteiger partial charge in [-0.3, -0.25) is 14.9 Å². The third kappa shape index (κ3) is 5.71. The van der Waals surface area contributed by atoms with Gasteiger partial charge >= 0.3 is 12.0 Å². The zero-order valence-electron chi connectivity index (χ0n) is 13.0. The van der Waals surface area contributed by atoms with Crippen LogP contribution in [0.5, 0.6) is 0 Å². The number of likely N-dealkylation sites (tertiary alicyclic amines) is 1. The number of nitrogens with zero attached hydrogens (tertiary/aromatic N) is 2. The lowest BCUT2D eigenvalue weighted by atomic mass is 9.89. The smallest absolute Gasteiger partial charge is 0.323 e. The number of carboxylic acids is 1. The molecule has 1 saturated heterocycles. The van der Waals surface area contributed by atoms with E-state index in [4.69, 9.17) is 5.11 Å². The monoisotopic (exact) mass is 299 g/mol. The summed E-state index contributed by atoms with van der Waals surface area (Å²) in [5.74, 6) is -1.63. The first-order valence-electron chi connectivity index (χ1n) is 7.23. The Kier molecular flexibility index (Phi) is 6.14. The van der Waals surface area contributed by atoms with Gasteiger partial charge in [-0.25, -0.2) is 4.79 Å². The minimum absolute atomic E-state index is 0.228. The molecule has 120 valence electrons. The number of hydrogen-bond acceptors (Lipinski definition) is 4. The molecule has 1 rings (SSSR count). The van der Waals surface area contributed by atoms with Gasteiger partial charge in [-0.15, -0.1) is 0 Å². The molecule has 0 saturated carbocycles. The highest BCUT2D eigenvalue weighted by atomic mass is 16.4. The number of imide groups is 1. The number of aliphatic carboxylic acids is 1. The van der Waals surface area contributed by atoms with E-state index < -0.39 is 23.3 Å². The van der Waals surface area contributed by atoms with Gasteiger partial charge in [0, 0.05) is 26.6 Å². The lowest BCUT2D eigenvalue weighted by Gasteiger charge is -2.22. The maximum atomic E-state index is 11.8. The molecule has 1 aliphatic rings. The number of likely N-dealkylation sites (N-methyl/N-ethyl adjacent to an activating group) is 1. The summed E-state index contributed by atoms with van der Waals surface area (Å²) in [6, 6.07) is -0.486. The topological polar surface area (TPSA) is 90.0 Å². The zero-order chi connectivity index (χ0) is 16.0. The molecule has 0 unspecified atom stereocenters. The van der Waals surface area contributed by atoms with E-state index in [-0.39, 0.29) is 6.42 Å². The number of carboxylic acid groups (broad SMARTS) is 1. The third-order valence-electron chi connectivity index (χ3n) is 3.72. The molecule has 2 N–H and O–H groups in total. The Bertz CT molecular complexity index is 403. The van der Waals surface area contributed by atoms with E-state index in [1.54, 1.807) is 7.05 Å². The molecule has 0 aromatic heterocycles. The minimum atomic E-state index is -1.18. The molecule has 0 bridgehead atoms. The van der Waals surface area contributed by atoms with E-state index >= 15 is 0 Å². The molecule has 0 spiro atoms. The summed E-state index contributed by atoms with van der Waals surface area (Å²) in [6.07, 6.45) is 2.16. The van der Waals surface area contributed by atoms with Gasteiger partial charge in [0.2, 0.25) is 5.91 Å². The van der Waals surface area contributed by atoms with Gasteiger partial charge < -0.3 is 14.9 Å². The quantitative estimate of drug-likeness (QED) is 0.755. The van der Waals surface area contributed by atoms with E-state index in [1.807, 2.05) is 0 Å². The summed E-state index contributed by atoms with van der Waals surface area (Å²) in [6.45, 7) is 6.36. The van der Waals surface area contributed by atoms with Crippen molar-refractivity contribution in [3.8, 4) is 0 Å². The van der Waals surface area contributed by atoms with Crippen LogP contribution >= 0.6 is 0 Å². The lowest BCUT2D eigenvalue weighted by Crippen LogP contribution is -2.45. The number of nitrogens with one attached hydrogen (secondary N) is 1. The maximum absolute atomic E-state index is 11.8. The van der Waals surface area contributed by atoms with Crippen molar-refractivity contribution in [3.05, 3.63) is 0 Å². The second-order valence-electron chi connectivity index (χ2n) is 6.19. The average molecular weight is 299 g/mol. The number of hydrogen-bond donors (Lipinski definition) is 2. The molecule has 1 fully saturated rings. The van der Waals surface area contributed by atoms with Crippen molar-refractivity contribution < 1.29 is 19.5 Å². The molecule has 0 aromatic carbocycles. The number of urea groups is 1. The molecule has 0 atom stereocenters. The second kappa shape index (κ2) is 7.40. The molecule has 0 radical (unpaired) electrons. The standard InChI is InChI=1S/C14H25N3O4/c1-14(2,12(19)20)10-11(18)15-13(21)16(3)8-9-17-6-4-5-7-17/h4-10H2,1-3H3,(H,19,20)(H,15,18,21). The molecule has 0 aromatic rings. The third-order valence-corrected chi connectivity index (χ3v) is 3.72. The van der Waals surface area contributed by atoms with Crippen molar-refractivity contribution in [2.45, 2.75) is 33.1 Å². The maximum Gasteiger partial charge on any atom is 0.323 e. The molecule has 1 heterocycles. The summed E-state index contributed by atoms with van der Waals surface area (Å²) in [7, 11) is 1.63. The molecular formula is C14H25N3O4. The van der Waals surface area contributed by atoms with Gasteiger partial charge in [0.05, 0.1) is 5.41 Å². The average Bonchev–Trinajstić information content (AvgIpc) is 2.87. The van der Waals surface area contributed by atoms with E-state index in [0.29, 0.717) is 6.54 Å². The first-order valence-corrected chi connectivity index (χ1v) is 7.23. The molecular weight excluding hydrogens is 274 g/mol. The Hall–Kier alpha value is -1.63. The van der Waals surface area contributed by atoms with E-state index in [1.165, 1.54) is 31.6 Å². The Morgan fingerprint density at radius 3 is 2.33 bits per heavy atom. The normalized spacial score (nSPS) is 15.8. The van der Waals surface area contributed by atoms with Gasteiger partial charge in [0.15, 0.2) is 0 Å². The molecule has 7 heteroatoms. The van der Waals surface area contributed by atoms with Crippen molar-refractivity contribution >= 4 is 17.9 Å². The van der Waals surface area contributed by atoms with Crippen molar-refractivity contribution in [2.75, 3.05) is 33.2 Å². The summed E-state index contributed by atoms with van der Waals surface area (Å²) in [5.41, 5.74) is -1.18. The van der Waals surface area contributed by atoms with Crippen LogP contribution in [-0.4, -0.2) is 66.0 Å². The number of rotatable bonds is 6. The number of carbonyl (C=O) groups excluding carboxylic acids is 2. The van der Waals surface area contributed by atoms with Gasteiger partial charge in [-0.1, -0.05) is 0 Å². The van der Waals surface area contributed by atoms with Crippen LogP contribution in [-0.2, 0) is 9.59 Å². The van der Waals surface area contributed by atoms with E-state index in [9.17, 15) is 14.4 Å². The van der Waals surface area contributed by atoms with Gasteiger partial charge in [0.1, 0.15) is 0 Å².